The van der Waals surface area contributed by atoms with Crippen LogP contribution in [-0.4, -0.2) is 122 Å². The number of nitrogens with zero attached hydrogens (tertiary/aromatic N) is 3. The third-order valence-electron chi connectivity index (χ3n) is 13.6. The minimum Gasteiger partial charge on any atom is -0.507 e. The van der Waals surface area contributed by atoms with Crippen LogP contribution in [0.15, 0.2) is 65.5 Å². The second kappa shape index (κ2) is 20.9. The Balaban J connectivity index is 1.48. The number of piperazine rings is 1. The van der Waals surface area contributed by atoms with Crippen LogP contribution in [0, 0.1) is 30.6 Å². The molecule has 3 aromatic rings. The second-order valence-electron chi connectivity index (χ2n) is 18.8. The number of anilines is 1. The van der Waals surface area contributed by atoms with E-state index in [4.69, 9.17) is 35.6 Å². The summed E-state index contributed by atoms with van der Waals surface area (Å²) in [6.07, 6.45) is 4.83. The molecule has 7 rings (SSSR count). The second-order valence-corrected chi connectivity index (χ2v) is 19.2. The number of rotatable bonds is 6. The third kappa shape index (κ3) is 10.3. The first-order valence-corrected chi connectivity index (χ1v) is 23.3. The molecule has 5 bridgehead atoms. The summed E-state index contributed by atoms with van der Waals surface area (Å²) in [4.78, 5) is 43.4. The van der Waals surface area contributed by atoms with Gasteiger partial charge in [-0.05, 0) is 51.5 Å². The number of hydrazone groups is 1. The number of phenolic OH excluding ortho intramolecular Hbond substituents is 3. The van der Waals surface area contributed by atoms with Gasteiger partial charge in [0.15, 0.2) is 5.75 Å². The molecule has 11 unspecified atom stereocenters. The van der Waals surface area contributed by atoms with Crippen LogP contribution in [-0.2, 0) is 30.3 Å². The molecule has 368 valence electrons. The van der Waals surface area contributed by atoms with Crippen LogP contribution in [0.5, 0.6) is 23.0 Å². The molecule has 3 aromatic carbocycles. The molecule has 1 fully saturated rings. The number of hydrogen-bond acceptors (Lipinski definition) is 15. The van der Waals surface area contributed by atoms with E-state index in [1.807, 2.05) is 43.1 Å². The van der Waals surface area contributed by atoms with Crippen molar-refractivity contribution in [1.82, 2.24) is 9.91 Å². The van der Waals surface area contributed by atoms with Crippen LogP contribution in [0.3, 0.4) is 0 Å². The van der Waals surface area contributed by atoms with Crippen LogP contribution < -0.4 is 10.1 Å². The number of benzene rings is 3. The Morgan fingerprint density at radius 2 is 1.57 bits per heavy atom. The van der Waals surface area contributed by atoms with Gasteiger partial charge in [0, 0.05) is 85.8 Å². The highest BCUT2D eigenvalue weighted by molar-refractivity contribution is 6.30. The average Bonchev–Trinajstić information content (AvgIpc) is 3.55. The molecule has 68 heavy (non-hydrogen) atoms. The minimum atomic E-state index is -2.07. The molecule has 17 heteroatoms. The summed E-state index contributed by atoms with van der Waals surface area (Å²) in [5.41, 5.74) is 0.664. The summed E-state index contributed by atoms with van der Waals surface area (Å²) in [6.45, 7) is 18.5. The molecule has 0 aromatic heterocycles. The number of aliphatic hydroxyl groups is 2. The lowest BCUT2D eigenvalue weighted by Gasteiger charge is -2.42. The first-order valence-electron chi connectivity index (χ1n) is 22.9. The van der Waals surface area contributed by atoms with Gasteiger partial charge in [-0.1, -0.05) is 69.7 Å². The number of carbonyl (C=O) groups is 3. The Morgan fingerprint density at radius 1 is 0.926 bits per heavy atom. The molecule has 0 saturated carbocycles. The Bertz CT molecular complexity index is 2510. The van der Waals surface area contributed by atoms with Gasteiger partial charge >= 0.3 is 11.8 Å². The lowest BCUT2D eigenvalue weighted by molar-refractivity contribution is -0.160. The zero-order chi connectivity index (χ0) is 50.1. The Labute approximate surface area is 402 Å². The highest BCUT2D eigenvalue weighted by Crippen LogP contribution is 2.55. The van der Waals surface area contributed by atoms with E-state index in [-0.39, 0.29) is 56.6 Å². The molecule has 16 nitrogen and oxygen atoms in total. The van der Waals surface area contributed by atoms with E-state index in [0.29, 0.717) is 24.7 Å². The number of nitrogens with one attached hydrogen (secondary N) is 1. The minimum absolute atomic E-state index is 0.0436. The first-order chi connectivity index (χ1) is 32.0. The lowest BCUT2D eigenvalue weighted by Crippen LogP contribution is -2.54. The number of Topliss-reactive ketones (excluding diaryl/α,β-unsaturated/α-hetero) is 1. The number of aliphatic hydroxyl groups excluding tert-OH is 2. The van der Waals surface area contributed by atoms with Crippen molar-refractivity contribution < 1.29 is 58.9 Å². The molecule has 6 N–H and O–H groups in total. The molecule has 4 aliphatic heterocycles. The highest BCUT2D eigenvalue weighted by atomic mass is 35.5. The summed E-state index contributed by atoms with van der Waals surface area (Å²) in [6, 6.07) is 7.40. The molecule has 1 saturated heterocycles. The van der Waals surface area contributed by atoms with E-state index < -0.39 is 88.8 Å². The first kappa shape index (κ1) is 51.7. The Kier molecular flexibility index (Phi) is 15.9. The number of methoxy groups -OCH3 is 1. The summed E-state index contributed by atoms with van der Waals surface area (Å²) in [5.74, 6) is -8.54. The molecule has 4 aliphatic rings. The summed E-state index contributed by atoms with van der Waals surface area (Å²) in [5, 5.41) is 68.8. The maximum Gasteiger partial charge on any atom is 0.312 e. The number of aromatic hydroxyl groups is 3. The number of fused-ring (bicyclic) bond motifs is 14. The van der Waals surface area contributed by atoms with E-state index in [1.54, 1.807) is 39.8 Å². The average molecular weight is 962 g/mol. The van der Waals surface area contributed by atoms with Crippen molar-refractivity contribution in [3.05, 3.63) is 87.7 Å². The van der Waals surface area contributed by atoms with E-state index in [2.05, 4.69) is 10.2 Å². The number of ether oxygens (including phenoxy) is 4. The van der Waals surface area contributed by atoms with Crippen LogP contribution in [0.2, 0.25) is 5.02 Å². The zero-order valence-corrected chi connectivity index (χ0v) is 41.2. The van der Waals surface area contributed by atoms with Crippen molar-refractivity contribution >= 4 is 51.9 Å². The van der Waals surface area contributed by atoms with E-state index in [1.165, 1.54) is 59.4 Å². The Morgan fingerprint density at radius 3 is 2.19 bits per heavy atom. The zero-order valence-electron chi connectivity index (χ0n) is 40.5. The predicted molar refractivity (Wildman–Crippen MR) is 259 cm³/mol. The van der Waals surface area contributed by atoms with E-state index in [9.17, 15) is 39.9 Å². The van der Waals surface area contributed by atoms with Crippen molar-refractivity contribution in [3.63, 3.8) is 0 Å². The van der Waals surface area contributed by atoms with E-state index >= 15 is 0 Å². The topological polar surface area (TPSA) is 220 Å². The summed E-state index contributed by atoms with van der Waals surface area (Å²) < 4.78 is 23.8. The summed E-state index contributed by atoms with van der Waals surface area (Å²) in [7, 11) is 1.44. The van der Waals surface area contributed by atoms with Crippen LogP contribution in [0.25, 0.3) is 10.8 Å². The van der Waals surface area contributed by atoms with Crippen LogP contribution in [0.4, 0.5) is 5.69 Å². The van der Waals surface area contributed by atoms with Gasteiger partial charge in [0.05, 0.1) is 65.1 Å². The number of phenols is 3. The van der Waals surface area contributed by atoms with E-state index in [0.717, 1.165) is 5.56 Å². The normalized spacial score (nSPS) is 29.9. The molecular weight excluding hydrogens is 896 g/mol. The van der Waals surface area contributed by atoms with Crippen molar-refractivity contribution in [1.29, 1.82) is 0 Å². The van der Waals surface area contributed by atoms with Crippen molar-refractivity contribution in [2.45, 2.75) is 118 Å². The fraction of sp³-hybridized carbons (Fsp3) is 0.490. The predicted octanol–water partition coefficient (Wildman–Crippen LogP) is 7.34. The number of allylic oxidation sites excluding steroid dienone is 2. The van der Waals surface area contributed by atoms with Gasteiger partial charge in [0.25, 0.3) is 11.7 Å². The molecule has 0 radical (unpaired) electrons. The van der Waals surface area contributed by atoms with Crippen molar-refractivity contribution in [2.24, 2.45) is 28.8 Å². The molecule has 0 spiro atoms. The maximum atomic E-state index is 14.7. The fourth-order valence-corrected chi connectivity index (χ4v) is 9.75. The van der Waals surface area contributed by atoms with Gasteiger partial charge in [-0.3, -0.25) is 24.3 Å². The lowest BCUT2D eigenvalue weighted by atomic mass is 9.78. The highest BCUT2D eigenvalue weighted by Gasteiger charge is 2.50. The largest absolute Gasteiger partial charge is 0.507 e. The fourth-order valence-electron chi connectivity index (χ4n) is 9.63. The van der Waals surface area contributed by atoms with Crippen molar-refractivity contribution in [2.75, 3.05) is 25.5 Å². The van der Waals surface area contributed by atoms with Gasteiger partial charge in [-0.25, -0.2) is 0 Å². The van der Waals surface area contributed by atoms with Crippen molar-refractivity contribution in [3.8, 4) is 23.0 Å². The van der Waals surface area contributed by atoms with Crippen LogP contribution in [0.1, 0.15) is 89.4 Å². The number of esters is 1. The molecule has 4 heterocycles. The van der Waals surface area contributed by atoms with Gasteiger partial charge in [-0.15, -0.1) is 0 Å². The van der Waals surface area contributed by atoms with Crippen LogP contribution >= 0.6 is 11.6 Å². The maximum absolute atomic E-state index is 14.7. The molecule has 0 aliphatic carbocycles. The quantitative estimate of drug-likeness (QED) is 0.0617. The standard InChI is InChI=1S/C51H65ClN4O12/c1-25-13-12-14-26(2)50(64)54-41-36(21-53-56-27(3)22-55(23-28(56)4)24-34-15-17-35(52)18-16-34)45(61)38-39(46(41)62)44(60)32(8)48-40(38)49(63)51(10,68-48)66-20-19-37(65-11)29(5)47(67-33(9)57)31(7)43(59)30(6)42(25)58/h12-21,25,27-31,37,42-43,47,58-62H,22-24H2,1-11H3,(H,54,64). The molecule has 11 atom stereocenters. The number of hydrogen-bond donors (Lipinski definition) is 6. The molecular formula is C51H65ClN4O12. The number of amides is 1. The number of ketones is 1. The number of halogens is 1. The van der Waals surface area contributed by atoms with Gasteiger partial charge in [0.2, 0.25) is 0 Å². The number of carbonyl (C=O) groups excluding carboxylic acids is 3. The summed E-state index contributed by atoms with van der Waals surface area (Å²) >= 11 is 6.12. The monoisotopic (exact) mass is 960 g/mol. The SMILES string of the molecule is COC1C=COC2(C)Oc3c(C)c(O)c4c(O)c(c(C=NN5C(C)CN(Cc6ccc(Cl)cc6)CC5C)c(O)c4c3C2=O)NC(=O)C(C)=CC=CC(C)C(O)C(C)C(O)C(C)C(OC(C)=O)C1C. The Hall–Kier alpha value is -5.65. The van der Waals surface area contributed by atoms with Gasteiger partial charge in [0.1, 0.15) is 23.4 Å². The van der Waals surface area contributed by atoms with Gasteiger partial charge < -0.3 is 49.8 Å². The third-order valence-corrected chi connectivity index (χ3v) is 13.9. The van der Waals surface area contributed by atoms with Gasteiger partial charge in [-0.2, -0.15) is 5.10 Å². The smallest absolute Gasteiger partial charge is 0.312 e. The molecule has 1 amide bonds.